The van der Waals surface area contributed by atoms with Gasteiger partial charge >= 0.3 is 0 Å². The standard InChI is InChI=1S/C18H15ClN4O/c1-11-14(9-12-5-3-2-4-6-12)17(24)23(22-11)18-20-15-8-7-13(19)10-16(15)21-18/h2-8,10,24H,9H2,1H3,(H,20,21). The highest BCUT2D eigenvalue weighted by Crippen LogP contribution is 2.27. The normalized spacial score (nSPS) is 11.2. The van der Waals surface area contributed by atoms with Gasteiger partial charge < -0.3 is 10.1 Å². The van der Waals surface area contributed by atoms with Crippen molar-refractivity contribution in [2.75, 3.05) is 0 Å². The minimum atomic E-state index is 0.0986. The molecule has 0 saturated carbocycles. The SMILES string of the molecule is Cc1nn(-c2nc3cc(Cl)ccc3[nH]2)c(O)c1Cc1ccccc1. The molecule has 0 atom stereocenters. The fraction of sp³-hybridized carbons (Fsp3) is 0.111. The van der Waals surface area contributed by atoms with Crippen molar-refractivity contribution in [2.45, 2.75) is 13.3 Å². The van der Waals surface area contributed by atoms with Gasteiger partial charge in [0.25, 0.3) is 0 Å². The molecule has 0 aliphatic rings. The van der Waals surface area contributed by atoms with Crippen LogP contribution in [0, 0.1) is 6.92 Å². The molecule has 4 rings (SSSR count). The number of hydrogen-bond acceptors (Lipinski definition) is 3. The van der Waals surface area contributed by atoms with Gasteiger partial charge in [-0.3, -0.25) is 0 Å². The molecule has 5 nitrogen and oxygen atoms in total. The van der Waals surface area contributed by atoms with Gasteiger partial charge in [-0.25, -0.2) is 4.98 Å². The molecule has 0 aliphatic carbocycles. The van der Waals surface area contributed by atoms with Crippen molar-refractivity contribution in [1.29, 1.82) is 0 Å². The maximum atomic E-state index is 10.6. The van der Waals surface area contributed by atoms with Crippen LogP contribution >= 0.6 is 11.6 Å². The molecule has 2 N–H and O–H groups in total. The number of benzene rings is 2. The van der Waals surface area contributed by atoms with Crippen LogP contribution in [0.1, 0.15) is 16.8 Å². The quantitative estimate of drug-likeness (QED) is 0.593. The second-order valence-electron chi connectivity index (χ2n) is 5.68. The molecule has 4 aromatic rings. The van der Waals surface area contributed by atoms with Crippen LogP contribution in [-0.4, -0.2) is 24.9 Å². The first-order valence-electron chi connectivity index (χ1n) is 7.59. The molecule has 0 saturated heterocycles. The van der Waals surface area contributed by atoms with Crippen LogP contribution in [-0.2, 0) is 6.42 Å². The predicted molar refractivity (Wildman–Crippen MR) is 93.9 cm³/mol. The summed E-state index contributed by atoms with van der Waals surface area (Å²) >= 11 is 6.00. The minimum Gasteiger partial charge on any atom is -0.493 e. The zero-order valence-corrected chi connectivity index (χ0v) is 13.7. The van der Waals surface area contributed by atoms with Crippen molar-refractivity contribution in [3.63, 3.8) is 0 Å². The van der Waals surface area contributed by atoms with E-state index < -0.39 is 0 Å². The van der Waals surface area contributed by atoms with E-state index in [1.165, 1.54) is 4.68 Å². The number of aromatic amines is 1. The van der Waals surface area contributed by atoms with Crippen molar-refractivity contribution in [3.8, 4) is 11.8 Å². The summed E-state index contributed by atoms with van der Waals surface area (Å²) in [5.74, 6) is 0.564. The summed E-state index contributed by atoms with van der Waals surface area (Å²) in [4.78, 5) is 7.62. The van der Waals surface area contributed by atoms with E-state index in [2.05, 4.69) is 15.1 Å². The fourth-order valence-electron chi connectivity index (χ4n) is 2.77. The maximum absolute atomic E-state index is 10.6. The highest BCUT2D eigenvalue weighted by Gasteiger charge is 2.18. The van der Waals surface area contributed by atoms with Gasteiger partial charge in [-0.1, -0.05) is 41.9 Å². The lowest BCUT2D eigenvalue weighted by Crippen LogP contribution is -1.98. The van der Waals surface area contributed by atoms with Crippen molar-refractivity contribution in [2.24, 2.45) is 0 Å². The Kier molecular flexibility index (Phi) is 3.50. The molecule has 6 heteroatoms. The molecule has 24 heavy (non-hydrogen) atoms. The Balaban J connectivity index is 1.77. The largest absolute Gasteiger partial charge is 0.493 e. The summed E-state index contributed by atoms with van der Waals surface area (Å²) in [6.07, 6.45) is 0.616. The van der Waals surface area contributed by atoms with E-state index >= 15 is 0 Å². The Morgan fingerprint density at radius 3 is 2.75 bits per heavy atom. The van der Waals surface area contributed by atoms with E-state index in [1.807, 2.05) is 43.3 Å². The second-order valence-corrected chi connectivity index (χ2v) is 6.12. The molecular weight excluding hydrogens is 324 g/mol. The average molecular weight is 339 g/mol. The van der Waals surface area contributed by atoms with Gasteiger partial charge in [-0.05, 0) is 30.7 Å². The Morgan fingerprint density at radius 2 is 1.96 bits per heavy atom. The number of imidazole rings is 1. The second kappa shape index (κ2) is 5.69. The van der Waals surface area contributed by atoms with Crippen molar-refractivity contribution < 1.29 is 5.11 Å². The summed E-state index contributed by atoms with van der Waals surface area (Å²) < 4.78 is 1.43. The lowest BCUT2D eigenvalue weighted by Gasteiger charge is -2.02. The maximum Gasteiger partial charge on any atom is 0.232 e. The average Bonchev–Trinajstić information content (AvgIpc) is 3.11. The molecule has 2 aromatic heterocycles. The predicted octanol–water partition coefficient (Wildman–Crippen LogP) is 4.01. The number of rotatable bonds is 3. The van der Waals surface area contributed by atoms with Crippen LogP contribution in [0.25, 0.3) is 17.0 Å². The number of H-pyrrole nitrogens is 1. The highest BCUT2D eigenvalue weighted by atomic mass is 35.5. The van der Waals surface area contributed by atoms with E-state index in [0.717, 1.165) is 27.9 Å². The Labute approximate surface area is 143 Å². The monoisotopic (exact) mass is 338 g/mol. The number of nitrogens with one attached hydrogen (secondary N) is 1. The molecule has 0 bridgehead atoms. The van der Waals surface area contributed by atoms with E-state index in [4.69, 9.17) is 11.6 Å². The van der Waals surface area contributed by atoms with E-state index in [-0.39, 0.29) is 5.88 Å². The zero-order valence-electron chi connectivity index (χ0n) is 13.0. The molecule has 2 aromatic carbocycles. The summed E-state index contributed by atoms with van der Waals surface area (Å²) in [7, 11) is 0. The number of hydrogen-bond donors (Lipinski definition) is 2. The Morgan fingerprint density at radius 1 is 1.17 bits per heavy atom. The van der Waals surface area contributed by atoms with Gasteiger partial charge in [0.1, 0.15) is 0 Å². The molecule has 2 heterocycles. The first-order valence-corrected chi connectivity index (χ1v) is 7.96. The third-order valence-corrected chi connectivity index (χ3v) is 4.25. The van der Waals surface area contributed by atoms with E-state index in [0.29, 0.717) is 17.4 Å². The first kappa shape index (κ1) is 14.8. The fourth-order valence-corrected chi connectivity index (χ4v) is 2.93. The van der Waals surface area contributed by atoms with Crippen LogP contribution in [0.2, 0.25) is 5.02 Å². The van der Waals surface area contributed by atoms with Gasteiger partial charge in [-0.15, -0.1) is 0 Å². The molecule has 0 amide bonds. The van der Waals surface area contributed by atoms with Crippen LogP contribution in [0.3, 0.4) is 0 Å². The molecule has 0 radical (unpaired) electrons. The van der Waals surface area contributed by atoms with Crippen molar-refractivity contribution in [3.05, 3.63) is 70.4 Å². The van der Waals surface area contributed by atoms with Crippen molar-refractivity contribution in [1.82, 2.24) is 19.7 Å². The summed E-state index contributed by atoms with van der Waals surface area (Å²) in [6, 6.07) is 15.4. The van der Waals surface area contributed by atoms with Gasteiger partial charge in [0.15, 0.2) is 0 Å². The lowest BCUT2D eigenvalue weighted by molar-refractivity contribution is 0.426. The molecule has 0 unspecified atom stereocenters. The van der Waals surface area contributed by atoms with Crippen LogP contribution in [0.5, 0.6) is 5.88 Å². The van der Waals surface area contributed by atoms with Crippen LogP contribution in [0.15, 0.2) is 48.5 Å². The molecule has 0 aliphatic heterocycles. The topological polar surface area (TPSA) is 66.7 Å². The molecule has 0 fully saturated rings. The smallest absolute Gasteiger partial charge is 0.232 e. The lowest BCUT2D eigenvalue weighted by atomic mass is 10.1. The third-order valence-electron chi connectivity index (χ3n) is 4.01. The van der Waals surface area contributed by atoms with E-state index in [1.54, 1.807) is 12.1 Å². The Hall–Kier alpha value is -2.79. The molecule has 120 valence electrons. The summed E-state index contributed by atoms with van der Waals surface area (Å²) in [6.45, 7) is 1.88. The van der Waals surface area contributed by atoms with Crippen LogP contribution < -0.4 is 0 Å². The minimum absolute atomic E-state index is 0.0986. The Bertz CT molecular complexity index is 1020. The highest BCUT2D eigenvalue weighted by molar-refractivity contribution is 6.31. The van der Waals surface area contributed by atoms with Crippen molar-refractivity contribution >= 4 is 22.6 Å². The number of aromatic nitrogens is 4. The van der Waals surface area contributed by atoms with Crippen LogP contribution in [0.4, 0.5) is 0 Å². The number of fused-ring (bicyclic) bond motifs is 1. The van der Waals surface area contributed by atoms with Gasteiger partial charge in [-0.2, -0.15) is 9.78 Å². The summed E-state index contributed by atoms with van der Waals surface area (Å²) in [5.41, 5.74) is 4.25. The molecule has 0 spiro atoms. The van der Waals surface area contributed by atoms with E-state index in [9.17, 15) is 5.11 Å². The number of aromatic hydroxyl groups is 1. The van der Waals surface area contributed by atoms with Gasteiger partial charge in [0, 0.05) is 17.0 Å². The third kappa shape index (κ3) is 2.53. The number of nitrogens with zero attached hydrogens (tertiary/aromatic N) is 3. The summed E-state index contributed by atoms with van der Waals surface area (Å²) in [5, 5.41) is 15.7. The van der Waals surface area contributed by atoms with Gasteiger partial charge in [0.2, 0.25) is 11.8 Å². The zero-order chi connectivity index (χ0) is 16.7. The first-order chi connectivity index (χ1) is 11.6. The number of aryl methyl sites for hydroxylation is 1. The molecular formula is C18H15ClN4O. The van der Waals surface area contributed by atoms with Gasteiger partial charge in [0.05, 0.1) is 16.7 Å². The number of halogens is 1.